The quantitative estimate of drug-likeness (QED) is 0.302. The Morgan fingerprint density at radius 1 is 1.17 bits per heavy atom. The van der Waals surface area contributed by atoms with E-state index in [4.69, 9.17) is 4.98 Å². The first-order valence-electron chi connectivity index (χ1n) is 14.5. The summed E-state index contributed by atoms with van der Waals surface area (Å²) in [4.78, 5) is 50.4. The van der Waals surface area contributed by atoms with Crippen LogP contribution in [0.25, 0.3) is 22.3 Å². The van der Waals surface area contributed by atoms with Crippen LogP contribution >= 0.6 is 0 Å². The second-order valence-electron chi connectivity index (χ2n) is 11.0. The molecule has 3 heterocycles. The first-order valence-corrected chi connectivity index (χ1v) is 14.5. The summed E-state index contributed by atoms with van der Waals surface area (Å²) in [6, 6.07) is 12.7. The number of likely N-dealkylation sites (N-methyl/N-ethyl adjacent to an activating group) is 1. The first kappa shape index (κ1) is 31.9. The molecule has 3 amide bonds. The Labute approximate surface area is 243 Å². The fourth-order valence-electron chi connectivity index (χ4n) is 5.17. The van der Waals surface area contributed by atoms with Crippen LogP contribution in [0, 0.1) is 5.92 Å². The fourth-order valence-corrected chi connectivity index (χ4v) is 5.17. The average molecular weight is 564 g/mol. The molecule has 4 rings (SSSR count). The molecule has 10 heteroatoms. The lowest BCUT2D eigenvalue weighted by Gasteiger charge is -2.28. The van der Waals surface area contributed by atoms with E-state index in [1.807, 2.05) is 40.7 Å². The number of hydrogen-bond donors (Lipinski definition) is 3. The van der Waals surface area contributed by atoms with Gasteiger partial charge in [-0.25, -0.2) is 4.98 Å². The molecular weight excluding hydrogens is 518 g/mol. The zero-order chi connectivity index (χ0) is 29.9. The van der Waals surface area contributed by atoms with Gasteiger partial charge in [0.2, 0.25) is 18.2 Å². The maximum absolute atomic E-state index is 12.5. The van der Waals surface area contributed by atoms with Crippen LogP contribution in [0.5, 0.6) is 0 Å². The lowest BCUT2D eigenvalue weighted by atomic mass is 10.1. The Balaban J connectivity index is 0.000000445. The maximum Gasteiger partial charge on any atom is 0.243 e. The molecule has 1 aromatic carbocycles. The number of nitrogens with one attached hydrogen (secondary N) is 3. The Morgan fingerprint density at radius 3 is 2.54 bits per heavy atom. The average Bonchev–Trinajstić information content (AvgIpc) is 3.56. The molecule has 1 fully saturated rings. The van der Waals surface area contributed by atoms with Gasteiger partial charge >= 0.3 is 0 Å². The number of benzene rings is 1. The van der Waals surface area contributed by atoms with Crippen molar-refractivity contribution in [1.82, 2.24) is 35.4 Å². The van der Waals surface area contributed by atoms with Gasteiger partial charge in [-0.2, -0.15) is 0 Å². The molecule has 3 unspecified atom stereocenters. The van der Waals surface area contributed by atoms with Crippen molar-refractivity contribution in [3.63, 3.8) is 0 Å². The van der Waals surface area contributed by atoms with Crippen LogP contribution in [0.1, 0.15) is 65.2 Å². The topological polar surface area (TPSA) is 123 Å². The van der Waals surface area contributed by atoms with Crippen LogP contribution in [0.2, 0.25) is 0 Å². The zero-order valence-electron chi connectivity index (χ0n) is 25.2. The highest BCUT2D eigenvalue weighted by Crippen LogP contribution is 2.36. The number of pyridine rings is 1. The number of likely N-dealkylation sites (tertiary alicyclic amines) is 1. The summed E-state index contributed by atoms with van der Waals surface area (Å²) in [6.45, 7) is 9.56. The van der Waals surface area contributed by atoms with E-state index in [1.54, 1.807) is 14.0 Å². The lowest BCUT2D eigenvalue weighted by molar-refractivity contribution is -0.132. The molecule has 0 spiro atoms. The van der Waals surface area contributed by atoms with E-state index in [0.29, 0.717) is 24.8 Å². The highest BCUT2D eigenvalue weighted by Gasteiger charge is 2.34. The standard InChI is InChI=1S/C26H35N5O.C5H10N2O2/c1-5-31(23(32)17-18(2)3)16-14-20-11-12-22(30(20)4)26-28-21-13-15-27-24(25(21)29-26)19-9-7-6-8-10-19;1-4(6-2)5(9)7-3-8/h6-10,13,15,18,20,22H,5,11-12,14,16-17H2,1-4H3,(H,28,29);3-4,6H,1-2H3,(H,7,8,9). The molecule has 41 heavy (non-hydrogen) atoms. The monoisotopic (exact) mass is 563 g/mol. The molecule has 3 aromatic rings. The number of hydrogen-bond acceptors (Lipinski definition) is 7. The van der Waals surface area contributed by atoms with Crippen molar-refractivity contribution in [2.75, 3.05) is 27.2 Å². The predicted octanol–water partition coefficient (Wildman–Crippen LogP) is 3.91. The second kappa shape index (κ2) is 15.4. The summed E-state index contributed by atoms with van der Waals surface area (Å²) in [6.07, 6.45) is 6.05. The van der Waals surface area contributed by atoms with Gasteiger partial charge in [-0.15, -0.1) is 0 Å². The summed E-state index contributed by atoms with van der Waals surface area (Å²) in [7, 11) is 3.84. The summed E-state index contributed by atoms with van der Waals surface area (Å²) in [5.41, 5.74) is 3.97. The Hall–Kier alpha value is -3.63. The van der Waals surface area contributed by atoms with E-state index in [9.17, 15) is 14.4 Å². The molecule has 0 saturated carbocycles. The van der Waals surface area contributed by atoms with Crippen molar-refractivity contribution >= 4 is 29.3 Å². The minimum Gasteiger partial charge on any atom is -0.343 e. The normalized spacial score (nSPS) is 17.6. The smallest absolute Gasteiger partial charge is 0.243 e. The van der Waals surface area contributed by atoms with Crippen molar-refractivity contribution in [2.24, 2.45) is 5.92 Å². The molecular formula is C31H45N7O3. The van der Waals surface area contributed by atoms with Gasteiger partial charge < -0.3 is 15.2 Å². The van der Waals surface area contributed by atoms with Gasteiger partial charge in [0.1, 0.15) is 11.3 Å². The number of carbonyl (C=O) groups is 3. The van der Waals surface area contributed by atoms with Gasteiger partial charge in [-0.05, 0) is 59.2 Å². The SMILES string of the molecule is CCN(CCC1CCC(c2nc3c(-c4ccccc4)nccc3[nH]2)N1C)C(=O)CC(C)C.CNC(C)C(=O)NC=O. The van der Waals surface area contributed by atoms with Crippen LogP contribution in [0.15, 0.2) is 42.6 Å². The van der Waals surface area contributed by atoms with E-state index in [-0.39, 0.29) is 23.9 Å². The molecule has 0 bridgehead atoms. The van der Waals surface area contributed by atoms with Gasteiger partial charge in [-0.3, -0.25) is 29.6 Å². The Bertz CT molecular complexity index is 1280. The summed E-state index contributed by atoms with van der Waals surface area (Å²) in [5.74, 6) is 1.38. The third kappa shape index (κ3) is 8.43. The highest BCUT2D eigenvalue weighted by molar-refractivity contribution is 5.90. The van der Waals surface area contributed by atoms with Gasteiger partial charge in [-0.1, -0.05) is 44.2 Å². The number of imidazole rings is 1. The van der Waals surface area contributed by atoms with Gasteiger partial charge in [0, 0.05) is 37.3 Å². The molecule has 3 atom stereocenters. The van der Waals surface area contributed by atoms with Crippen LogP contribution in [-0.4, -0.2) is 82.2 Å². The number of fused-ring (bicyclic) bond motifs is 1. The molecule has 1 saturated heterocycles. The Morgan fingerprint density at radius 2 is 1.90 bits per heavy atom. The summed E-state index contributed by atoms with van der Waals surface area (Å²) < 4.78 is 0. The fraction of sp³-hybridized carbons (Fsp3) is 0.516. The first-order chi connectivity index (χ1) is 19.7. The Kier molecular flexibility index (Phi) is 12.0. The van der Waals surface area contributed by atoms with Crippen LogP contribution in [0.4, 0.5) is 0 Å². The molecule has 1 aliphatic rings. The van der Waals surface area contributed by atoms with Crippen molar-refractivity contribution in [1.29, 1.82) is 0 Å². The van der Waals surface area contributed by atoms with Gasteiger partial charge in [0.05, 0.1) is 23.3 Å². The number of rotatable bonds is 11. The van der Waals surface area contributed by atoms with Gasteiger partial charge in [0.25, 0.3) is 0 Å². The number of H-pyrrole nitrogens is 1. The molecule has 222 valence electrons. The largest absolute Gasteiger partial charge is 0.343 e. The zero-order valence-corrected chi connectivity index (χ0v) is 25.2. The number of imide groups is 1. The van der Waals surface area contributed by atoms with Gasteiger partial charge in [0.15, 0.2) is 0 Å². The number of carbonyl (C=O) groups excluding carboxylic acids is 3. The number of aromatic amines is 1. The third-order valence-corrected chi connectivity index (χ3v) is 7.70. The number of nitrogens with zero attached hydrogens (tertiary/aromatic N) is 4. The summed E-state index contributed by atoms with van der Waals surface area (Å²) >= 11 is 0. The van der Waals surface area contributed by atoms with Crippen LogP contribution in [-0.2, 0) is 14.4 Å². The van der Waals surface area contributed by atoms with E-state index in [0.717, 1.165) is 60.5 Å². The van der Waals surface area contributed by atoms with Crippen LogP contribution < -0.4 is 10.6 Å². The molecule has 1 aliphatic heterocycles. The molecule has 0 radical (unpaired) electrons. The molecule has 10 nitrogen and oxygen atoms in total. The summed E-state index contributed by atoms with van der Waals surface area (Å²) in [5, 5.41) is 4.69. The lowest BCUT2D eigenvalue weighted by Crippen LogP contribution is -2.39. The van der Waals surface area contributed by atoms with Crippen molar-refractivity contribution in [2.45, 2.75) is 71.5 Å². The number of amides is 3. The molecule has 2 aromatic heterocycles. The van der Waals surface area contributed by atoms with Crippen LogP contribution in [0.3, 0.4) is 0 Å². The molecule has 0 aliphatic carbocycles. The maximum atomic E-state index is 12.5. The number of aromatic nitrogens is 3. The minimum atomic E-state index is -0.312. The van der Waals surface area contributed by atoms with E-state index in [1.165, 1.54) is 0 Å². The van der Waals surface area contributed by atoms with E-state index >= 15 is 0 Å². The van der Waals surface area contributed by atoms with Crippen molar-refractivity contribution < 1.29 is 14.4 Å². The van der Waals surface area contributed by atoms with E-state index in [2.05, 4.69) is 60.1 Å². The predicted molar refractivity (Wildman–Crippen MR) is 162 cm³/mol. The van der Waals surface area contributed by atoms with Crippen molar-refractivity contribution in [3.05, 3.63) is 48.4 Å². The minimum absolute atomic E-state index is 0.262. The molecule has 3 N–H and O–H groups in total. The third-order valence-electron chi connectivity index (χ3n) is 7.70. The van der Waals surface area contributed by atoms with E-state index < -0.39 is 0 Å². The second-order valence-corrected chi connectivity index (χ2v) is 11.0. The highest BCUT2D eigenvalue weighted by atomic mass is 16.2. The van der Waals surface area contributed by atoms with Crippen molar-refractivity contribution in [3.8, 4) is 11.3 Å².